The normalized spacial score (nSPS) is 24.0. The van der Waals surface area contributed by atoms with E-state index in [0.29, 0.717) is 0 Å². The summed E-state index contributed by atoms with van der Waals surface area (Å²) in [7, 11) is 0. The predicted octanol–water partition coefficient (Wildman–Crippen LogP) is -0.0915. The van der Waals surface area contributed by atoms with Gasteiger partial charge in [0.2, 0.25) is 11.6 Å². The van der Waals surface area contributed by atoms with Crippen LogP contribution in [0.1, 0.15) is 5.56 Å². The lowest BCUT2D eigenvalue weighted by Crippen LogP contribution is -2.59. The van der Waals surface area contributed by atoms with Gasteiger partial charge in [0.25, 0.3) is 0 Å². The summed E-state index contributed by atoms with van der Waals surface area (Å²) in [5, 5.41) is 44.8. The fraction of sp³-hybridized carbons (Fsp3) is 0.261. The summed E-state index contributed by atoms with van der Waals surface area (Å²) >= 11 is 0. The molecule has 0 amide bonds. The highest BCUT2D eigenvalue weighted by molar-refractivity contribution is 5.81. The third-order valence-corrected chi connectivity index (χ3v) is 6.06. The van der Waals surface area contributed by atoms with E-state index in [1.807, 2.05) is 54.6 Å². The van der Waals surface area contributed by atoms with E-state index in [1.165, 1.54) is 17.2 Å². The lowest BCUT2D eigenvalue weighted by molar-refractivity contribution is -0.237. The molecule has 2 aromatic carbocycles. The SMILES string of the molecule is Nc1ncnc2c1ncn2[C@]1(NCc2ccc(-c3ccccc3)cc2)O[C@H](CO)C(O)(O)[C@H]1O. The molecule has 1 aliphatic heterocycles. The Labute approximate surface area is 194 Å². The highest BCUT2D eigenvalue weighted by Crippen LogP contribution is 2.40. The average molecular weight is 464 g/mol. The van der Waals surface area contributed by atoms with Crippen LogP contribution in [-0.4, -0.2) is 64.5 Å². The summed E-state index contributed by atoms with van der Waals surface area (Å²) in [6.07, 6.45) is -0.899. The van der Waals surface area contributed by atoms with Crippen molar-refractivity contribution in [3.8, 4) is 11.1 Å². The van der Waals surface area contributed by atoms with Gasteiger partial charge in [-0.25, -0.2) is 15.0 Å². The fourth-order valence-corrected chi connectivity index (χ4v) is 4.19. The van der Waals surface area contributed by atoms with Crippen molar-refractivity contribution in [3.63, 3.8) is 0 Å². The van der Waals surface area contributed by atoms with Gasteiger partial charge in [-0.05, 0) is 16.7 Å². The number of nitrogens with zero attached hydrogens (tertiary/aromatic N) is 4. The molecule has 176 valence electrons. The smallest absolute Gasteiger partial charge is 0.237 e. The van der Waals surface area contributed by atoms with Crippen LogP contribution in [0.3, 0.4) is 0 Å². The number of ether oxygens (including phenoxy) is 1. The zero-order valence-electron chi connectivity index (χ0n) is 18.0. The van der Waals surface area contributed by atoms with E-state index in [-0.39, 0.29) is 23.5 Å². The topological polar surface area (TPSA) is 172 Å². The number of aromatic nitrogens is 4. The quantitative estimate of drug-likeness (QED) is 0.212. The number of benzene rings is 2. The van der Waals surface area contributed by atoms with Crippen molar-refractivity contribution in [2.45, 2.75) is 30.4 Å². The number of aliphatic hydroxyl groups is 4. The number of aliphatic hydroxyl groups excluding tert-OH is 2. The van der Waals surface area contributed by atoms with E-state index in [0.717, 1.165) is 16.7 Å². The van der Waals surface area contributed by atoms with Gasteiger partial charge in [0.1, 0.15) is 24.3 Å². The van der Waals surface area contributed by atoms with Crippen LogP contribution in [0, 0.1) is 0 Å². The maximum absolute atomic E-state index is 11.0. The highest BCUT2D eigenvalue weighted by Gasteiger charge is 2.64. The Balaban J connectivity index is 1.50. The van der Waals surface area contributed by atoms with Gasteiger partial charge in [-0.2, -0.15) is 0 Å². The summed E-state index contributed by atoms with van der Waals surface area (Å²) < 4.78 is 7.16. The molecule has 7 N–H and O–H groups in total. The second-order valence-electron chi connectivity index (χ2n) is 8.13. The molecule has 5 rings (SSSR count). The molecule has 3 atom stereocenters. The van der Waals surface area contributed by atoms with E-state index >= 15 is 0 Å². The molecule has 11 nitrogen and oxygen atoms in total. The van der Waals surface area contributed by atoms with Gasteiger partial charge in [0.05, 0.1) is 6.61 Å². The van der Waals surface area contributed by atoms with Crippen LogP contribution in [0.5, 0.6) is 0 Å². The Hall–Kier alpha value is -3.45. The average Bonchev–Trinajstić information content (AvgIpc) is 3.38. The maximum atomic E-state index is 11.0. The molecule has 11 heteroatoms. The number of hydrogen-bond donors (Lipinski definition) is 6. The van der Waals surface area contributed by atoms with Gasteiger partial charge in [0, 0.05) is 6.54 Å². The Bertz CT molecular complexity index is 1300. The highest BCUT2D eigenvalue weighted by atomic mass is 16.6. The Kier molecular flexibility index (Phi) is 5.52. The van der Waals surface area contributed by atoms with Crippen molar-refractivity contribution in [2.75, 3.05) is 12.3 Å². The summed E-state index contributed by atoms with van der Waals surface area (Å²) in [6.45, 7) is -0.580. The maximum Gasteiger partial charge on any atom is 0.237 e. The Morgan fingerprint density at radius 1 is 1.00 bits per heavy atom. The lowest BCUT2D eigenvalue weighted by Gasteiger charge is -2.35. The molecule has 0 aliphatic carbocycles. The summed E-state index contributed by atoms with van der Waals surface area (Å²) in [5.74, 6) is -4.57. The van der Waals surface area contributed by atoms with Gasteiger partial charge in [-0.3, -0.25) is 9.88 Å². The van der Waals surface area contributed by atoms with Crippen molar-refractivity contribution in [1.82, 2.24) is 24.8 Å². The standard InChI is InChI=1S/C23H24N6O5/c24-19-18-20(26-12-25-19)29(13-27-18)23(21(31)22(32,33)17(11-30)34-23)28-10-14-6-8-16(9-7-14)15-4-2-1-3-5-15/h1-9,12-13,17,21,28,30-33H,10-11H2,(H2,24,25,26)/t17-,21-,23+/m1/s1. The zero-order chi connectivity index (χ0) is 23.9. The molecule has 1 aliphatic rings. The number of anilines is 1. The van der Waals surface area contributed by atoms with Crippen molar-refractivity contribution >= 4 is 17.0 Å². The van der Waals surface area contributed by atoms with Crippen LogP contribution >= 0.6 is 0 Å². The van der Waals surface area contributed by atoms with E-state index in [2.05, 4.69) is 20.3 Å². The number of fused-ring (bicyclic) bond motifs is 1. The molecule has 0 spiro atoms. The van der Waals surface area contributed by atoms with E-state index in [9.17, 15) is 20.4 Å². The molecule has 0 unspecified atom stereocenters. The molecule has 1 fully saturated rings. The molecule has 1 saturated heterocycles. The van der Waals surface area contributed by atoms with Gasteiger partial charge in [-0.1, -0.05) is 54.6 Å². The first-order valence-electron chi connectivity index (χ1n) is 10.6. The minimum absolute atomic E-state index is 0.112. The molecule has 0 radical (unpaired) electrons. The number of hydrogen-bond acceptors (Lipinski definition) is 10. The molecule has 4 aromatic rings. The van der Waals surface area contributed by atoms with E-state index in [4.69, 9.17) is 10.5 Å². The molecule has 34 heavy (non-hydrogen) atoms. The molecule has 2 aromatic heterocycles. The first-order chi connectivity index (χ1) is 16.4. The molecule has 0 bridgehead atoms. The van der Waals surface area contributed by atoms with Crippen molar-refractivity contribution in [3.05, 3.63) is 72.8 Å². The first kappa shape index (κ1) is 22.3. The van der Waals surface area contributed by atoms with Crippen molar-refractivity contribution in [1.29, 1.82) is 0 Å². The summed E-state index contributed by atoms with van der Waals surface area (Å²) in [6, 6.07) is 17.7. The third kappa shape index (κ3) is 3.51. The minimum Gasteiger partial charge on any atom is -0.393 e. The van der Waals surface area contributed by atoms with Crippen LogP contribution in [0.4, 0.5) is 5.82 Å². The van der Waals surface area contributed by atoms with Gasteiger partial charge < -0.3 is 30.9 Å². The van der Waals surface area contributed by atoms with Crippen LogP contribution < -0.4 is 11.1 Å². The summed E-state index contributed by atoms with van der Waals surface area (Å²) in [4.78, 5) is 12.3. The number of nitrogens with two attached hydrogens (primary N) is 1. The van der Waals surface area contributed by atoms with Crippen LogP contribution in [0.15, 0.2) is 67.3 Å². The monoisotopic (exact) mass is 464 g/mol. The predicted molar refractivity (Wildman–Crippen MR) is 122 cm³/mol. The number of rotatable bonds is 6. The van der Waals surface area contributed by atoms with Crippen LogP contribution in [0.25, 0.3) is 22.3 Å². The van der Waals surface area contributed by atoms with Crippen LogP contribution in [-0.2, 0) is 17.1 Å². The number of imidazole rings is 1. The van der Waals surface area contributed by atoms with Crippen molar-refractivity contribution in [2.24, 2.45) is 0 Å². The number of nitrogens with one attached hydrogen (secondary N) is 1. The van der Waals surface area contributed by atoms with E-state index < -0.39 is 30.5 Å². The van der Waals surface area contributed by atoms with E-state index in [1.54, 1.807) is 0 Å². The van der Waals surface area contributed by atoms with Gasteiger partial charge >= 0.3 is 0 Å². The number of nitrogen functional groups attached to an aromatic ring is 1. The molecular weight excluding hydrogens is 440 g/mol. The minimum atomic E-state index is -2.76. The summed E-state index contributed by atoms with van der Waals surface area (Å²) in [5.41, 5.74) is 9.29. The molecular formula is C23H24N6O5. The third-order valence-electron chi connectivity index (χ3n) is 6.06. The Morgan fingerprint density at radius 2 is 1.71 bits per heavy atom. The van der Waals surface area contributed by atoms with Gasteiger partial charge in [0.15, 0.2) is 17.6 Å². The molecule has 3 heterocycles. The Morgan fingerprint density at radius 3 is 2.38 bits per heavy atom. The van der Waals surface area contributed by atoms with Gasteiger partial charge in [-0.15, -0.1) is 0 Å². The zero-order valence-corrected chi connectivity index (χ0v) is 18.0. The second kappa shape index (κ2) is 8.40. The first-order valence-corrected chi connectivity index (χ1v) is 10.6. The van der Waals surface area contributed by atoms with Crippen molar-refractivity contribution < 1.29 is 25.2 Å². The molecule has 0 saturated carbocycles. The van der Waals surface area contributed by atoms with Crippen LogP contribution in [0.2, 0.25) is 0 Å². The lowest BCUT2D eigenvalue weighted by atomic mass is 10.0. The fourth-order valence-electron chi connectivity index (χ4n) is 4.19. The second-order valence-corrected chi connectivity index (χ2v) is 8.13. The largest absolute Gasteiger partial charge is 0.393 e.